The first kappa shape index (κ1) is 25.9. The van der Waals surface area contributed by atoms with Crippen LogP contribution in [0.4, 0.5) is 8.78 Å². The van der Waals surface area contributed by atoms with E-state index in [1.807, 2.05) is 0 Å². The first-order valence-electron chi connectivity index (χ1n) is 13.8. The smallest absolute Gasteiger partial charge is 0.200 e. The molecule has 3 heteroatoms. The Morgan fingerprint density at radius 2 is 1.37 bits per heavy atom. The Balaban J connectivity index is 1.17. The molecular formula is C32H42F2O. The second-order valence-corrected chi connectivity index (χ2v) is 10.8. The highest BCUT2D eigenvalue weighted by molar-refractivity contribution is 5.33. The summed E-state index contributed by atoms with van der Waals surface area (Å²) in [4.78, 5) is 0. The molecule has 0 heterocycles. The minimum absolute atomic E-state index is 0.00758. The lowest BCUT2D eigenvalue weighted by Crippen LogP contribution is -2.25. The fourth-order valence-electron chi connectivity index (χ4n) is 6.43. The Morgan fingerprint density at radius 1 is 0.771 bits per heavy atom. The van der Waals surface area contributed by atoms with Crippen molar-refractivity contribution in [1.29, 1.82) is 0 Å². The average Bonchev–Trinajstić information content (AvgIpc) is 2.90. The molecule has 0 radical (unpaired) electrons. The zero-order chi connectivity index (χ0) is 24.6. The molecule has 0 saturated heterocycles. The van der Waals surface area contributed by atoms with Crippen LogP contribution in [-0.4, -0.2) is 7.11 Å². The number of halogens is 2. The van der Waals surface area contributed by atoms with Gasteiger partial charge in [0, 0.05) is 0 Å². The van der Waals surface area contributed by atoms with Gasteiger partial charge in [0.1, 0.15) is 0 Å². The average molecular weight is 481 g/mol. The second-order valence-electron chi connectivity index (χ2n) is 10.8. The molecule has 4 rings (SSSR count). The summed E-state index contributed by atoms with van der Waals surface area (Å²) < 4.78 is 33.6. The summed E-state index contributed by atoms with van der Waals surface area (Å²) in [6, 6.07) is 12.4. The predicted octanol–water partition coefficient (Wildman–Crippen LogP) is 9.20. The van der Waals surface area contributed by atoms with Gasteiger partial charge < -0.3 is 4.74 Å². The van der Waals surface area contributed by atoms with Gasteiger partial charge in [-0.25, -0.2) is 4.39 Å². The Kier molecular flexibility index (Phi) is 9.40. The lowest BCUT2D eigenvalue weighted by atomic mass is 9.68. The van der Waals surface area contributed by atoms with Crippen LogP contribution < -0.4 is 4.74 Å². The molecule has 35 heavy (non-hydrogen) atoms. The zero-order valence-corrected chi connectivity index (χ0v) is 21.6. The van der Waals surface area contributed by atoms with E-state index in [-0.39, 0.29) is 11.7 Å². The highest BCUT2D eigenvalue weighted by Crippen LogP contribution is 2.45. The molecule has 2 fully saturated rings. The van der Waals surface area contributed by atoms with Crippen molar-refractivity contribution in [3.63, 3.8) is 0 Å². The molecule has 1 nitrogen and oxygen atoms in total. The summed E-state index contributed by atoms with van der Waals surface area (Å²) in [6.45, 7) is 2.23. The predicted molar refractivity (Wildman–Crippen MR) is 141 cm³/mol. The van der Waals surface area contributed by atoms with Gasteiger partial charge in [-0.3, -0.25) is 0 Å². The minimum atomic E-state index is -0.844. The van der Waals surface area contributed by atoms with Crippen molar-refractivity contribution in [3.05, 3.63) is 76.9 Å². The monoisotopic (exact) mass is 480 g/mol. The molecule has 2 aromatic carbocycles. The van der Waals surface area contributed by atoms with Crippen LogP contribution in [0.25, 0.3) is 0 Å². The molecule has 0 aromatic heterocycles. The van der Waals surface area contributed by atoms with Gasteiger partial charge in [-0.15, -0.1) is 0 Å². The normalized spacial score (nSPS) is 25.1. The van der Waals surface area contributed by atoms with Gasteiger partial charge in [0.15, 0.2) is 11.6 Å². The maximum Gasteiger partial charge on any atom is 0.200 e. The van der Waals surface area contributed by atoms with Crippen molar-refractivity contribution >= 4 is 0 Å². The van der Waals surface area contributed by atoms with Gasteiger partial charge in [-0.05, 0) is 117 Å². The molecular weight excluding hydrogens is 438 g/mol. The van der Waals surface area contributed by atoms with E-state index in [4.69, 9.17) is 4.74 Å². The maximum atomic E-state index is 14.5. The van der Waals surface area contributed by atoms with Crippen LogP contribution in [0.2, 0.25) is 0 Å². The van der Waals surface area contributed by atoms with E-state index in [9.17, 15) is 8.78 Å². The largest absolute Gasteiger partial charge is 0.494 e. The molecule has 0 unspecified atom stereocenters. The highest BCUT2D eigenvalue weighted by Gasteiger charge is 2.32. The van der Waals surface area contributed by atoms with Crippen LogP contribution in [-0.2, 0) is 12.8 Å². The standard InChI is InChI=1S/C32H42F2O/c1-3-6-23-9-11-24(12-10-23)7-4-5-8-25-13-15-26(16-14-25)27-17-19-28(20-18-27)29-21-22-30(35-2)32(34)31(29)33/h5,8-12,21-22,25-28H,3-4,6-7,13-20H2,1-2H3/b8-5+. The summed E-state index contributed by atoms with van der Waals surface area (Å²) in [5.74, 6) is 0.848. The van der Waals surface area contributed by atoms with E-state index in [0.29, 0.717) is 5.56 Å². The van der Waals surface area contributed by atoms with Crippen molar-refractivity contribution < 1.29 is 13.5 Å². The third kappa shape index (κ3) is 6.74. The van der Waals surface area contributed by atoms with Crippen LogP contribution >= 0.6 is 0 Å². The van der Waals surface area contributed by atoms with Crippen molar-refractivity contribution in [3.8, 4) is 5.75 Å². The fraction of sp³-hybridized carbons (Fsp3) is 0.562. The van der Waals surface area contributed by atoms with Gasteiger partial charge in [-0.2, -0.15) is 4.39 Å². The van der Waals surface area contributed by atoms with E-state index in [0.717, 1.165) is 56.3 Å². The summed E-state index contributed by atoms with van der Waals surface area (Å²) in [5.41, 5.74) is 3.41. The highest BCUT2D eigenvalue weighted by atomic mass is 19.2. The molecule has 0 N–H and O–H groups in total. The van der Waals surface area contributed by atoms with E-state index in [2.05, 4.69) is 43.3 Å². The van der Waals surface area contributed by atoms with Gasteiger partial charge in [0.05, 0.1) is 7.11 Å². The summed E-state index contributed by atoms with van der Waals surface area (Å²) in [7, 11) is 1.38. The number of rotatable bonds is 9. The quantitative estimate of drug-likeness (QED) is 0.325. The lowest BCUT2D eigenvalue weighted by Gasteiger charge is -2.37. The van der Waals surface area contributed by atoms with E-state index < -0.39 is 11.6 Å². The van der Waals surface area contributed by atoms with Crippen molar-refractivity contribution in [2.75, 3.05) is 7.11 Å². The second kappa shape index (κ2) is 12.7. The molecule has 2 aromatic rings. The van der Waals surface area contributed by atoms with Gasteiger partial charge >= 0.3 is 0 Å². The Morgan fingerprint density at radius 3 is 1.97 bits per heavy atom. The number of hydrogen-bond acceptors (Lipinski definition) is 1. The third-order valence-electron chi connectivity index (χ3n) is 8.56. The van der Waals surface area contributed by atoms with Gasteiger partial charge in [-0.1, -0.05) is 55.8 Å². The number of allylic oxidation sites excluding steroid dienone is 2. The van der Waals surface area contributed by atoms with Crippen molar-refractivity contribution in [2.24, 2.45) is 17.8 Å². The molecule has 2 aliphatic carbocycles. The Labute approximate surface area is 211 Å². The number of benzene rings is 2. The summed E-state index contributed by atoms with van der Waals surface area (Å²) in [5, 5.41) is 0. The molecule has 0 aliphatic heterocycles. The molecule has 0 amide bonds. The van der Waals surface area contributed by atoms with Crippen molar-refractivity contribution in [1.82, 2.24) is 0 Å². The van der Waals surface area contributed by atoms with Crippen LogP contribution in [0.3, 0.4) is 0 Å². The number of methoxy groups -OCH3 is 1. The third-order valence-corrected chi connectivity index (χ3v) is 8.56. The van der Waals surface area contributed by atoms with Crippen LogP contribution in [0.1, 0.15) is 93.7 Å². The zero-order valence-electron chi connectivity index (χ0n) is 21.6. The van der Waals surface area contributed by atoms with Crippen LogP contribution in [0.15, 0.2) is 48.6 Å². The van der Waals surface area contributed by atoms with Crippen LogP contribution in [0.5, 0.6) is 5.75 Å². The first-order valence-corrected chi connectivity index (χ1v) is 13.8. The lowest BCUT2D eigenvalue weighted by molar-refractivity contribution is 0.170. The molecule has 2 aliphatic rings. The molecule has 0 spiro atoms. The van der Waals surface area contributed by atoms with E-state index in [1.165, 1.54) is 56.8 Å². The number of ether oxygens (including phenoxy) is 1. The van der Waals surface area contributed by atoms with Gasteiger partial charge in [0.25, 0.3) is 0 Å². The number of hydrogen-bond donors (Lipinski definition) is 0. The molecule has 190 valence electrons. The van der Waals surface area contributed by atoms with E-state index >= 15 is 0 Å². The van der Waals surface area contributed by atoms with Crippen molar-refractivity contribution in [2.45, 2.75) is 89.9 Å². The minimum Gasteiger partial charge on any atom is -0.494 e. The molecule has 0 bridgehead atoms. The SMILES string of the molecule is CCCc1ccc(CC/C=C/C2CCC(C3CCC(c4ccc(OC)c(F)c4F)CC3)CC2)cc1. The Hall–Kier alpha value is -2.16. The van der Waals surface area contributed by atoms with Crippen LogP contribution in [0, 0.1) is 29.4 Å². The fourth-order valence-corrected chi connectivity index (χ4v) is 6.43. The molecule has 0 atom stereocenters. The number of aryl methyl sites for hydroxylation is 2. The summed E-state index contributed by atoms with van der Waals surface area (Å²) in [6.07, 6.45) is 18.9. The maximum absolute atomic E-state index is 14.5. The van der Waals surface area contributed by atoms with E-state index in [1.54, 1.807) is 12.1 Å². The molecule has 2 saturated carbocycles. The summed E-state index contributed by atoms with van der Waals surface area (Å²) >= 11 is 0. The van der Waals surface area contributed by atoms with Gasteiger partial charge in [0.2, 0.25) is 5.82 Å². The Bertz CT molecular complexity index is 948. The topological polar surface area (TPSA) is 9.23 Å². The first-order chi connectivity index (χ1) is 17.1.